The normalized spacial score (nSPS) is 12.6. The van der Waals surface area contributed by atoms with Crippen LogP contribution in [0.3, 0.4) is 0 Å². The van der Waals surface area contributed by atoms with Gasteiger partial charge in [-0.1, -0.05) is 17.7 Å². The summed E-state index contributed by atoms with van der Waals surface area (Å²) in [7, 11) is 0. The molecule has 2 rings (SSSR count). The number of hydrogen-bond donors (Lipinski definition) is 1. The summed E-state index contributed by atoms with van der Waals surface area (Å²) >= 11 is 12.9. The van der Waals surface area contributed by atoms with Gasteiger partial charge in [0, 0.05) is 21.3 Å². The van der Waals surface area contributed by atoms with Gasteiger partial charge in [0.2, 0.25) is 0 Å². The van der Waals surface area contributed by atoms with Crippen molar-refractivity contribution in [1.29, 1.82) is 0 Å². The smallest absolute Gasteiger partial charge is 0.0701 e. The SMILES string of the molecule is NCC(Sc1cccc(Cl)c1)c1ccc(Br)s1. The Morgan fingerprint density at radius 3 is 2.76 bits per heavy atom. The van der Waals surface area contributed by atoms with Gasteiger partial charge in [-0.15, -0.1) is 23.1 Å². The Labute approximate surface area is 122 Å². The van der Waals surface area contributed by atoms with Crippen molar-refractivity contribution in [2.45, 2.75) is 10.1 Å². The van der Waals surface area contributed by atoms with Crippen LogP contribution in [-0.2, 0) is 0 Å². The van der Waals surface area contributed by atoms with E-state index in [0.29, 0.717) is 6.54 Å². The van der Waals surface area contributed by atoms with Gasteiger partial charge < -0.3 is 5.73 Å². The van der Waals surface area contributed by atoms with E-state index in [2.05, 4.69) is 34.1 Å². The van der Waals surface area contributed by atoms with Gasteiger partial charge in [0.15, 0.2) is 0 Å². The van der Waals surface area contributed by atoms with Crippen molar-refractivity contribution in [3.8, 4) is 0 Å². The minimum absolute atomic E-state index is 0.282. The molecule has 2 N–H and O–H groups in total. The van der Waals surface area contributed by atoms with Crippen molar-refractivity contribution in [2.75, 3.05) is 6.54 Å². The fourth-order valence-electron chi connectivity index (χ4n) is 1.43. The predicted molar refractivity (Wildman–Crippen MR) is 81.1 cm³/mol. The summed E-state index contributed by atoms with van der Waals surface area (Å²) in [6, 6.07) is 12.0. The van der Waals surface area contributed by atoms with Gasteiger partial charge >= 0.3 is 0 Å². The van der Waals surface area contributed by atoms with Gasteiger partial charge in [0.1, 0.15) is 0 Å². The zero-order valence-electron chi connectivity index (χ0n) is 8.90. The topological polar surface area (TPSA) is 26.0 Å². The van der Waals surface area contributed by atoms with Crippen molar-refractivity contribution in [3.05, 3.63) is 50.1 Å². The minimum Gasteiger partial charge on any atom is -0.329 e. The van der Waals surface area contributed by atoms with Crippen LogP contribution in [0.5, 0.6) is 0 Å². The van der Waals surface area contributed by atoms with Crippen molar-refractivity contribution in [3.63, 3.8) is 0 Å². The summed E-state index contributed by atoms with van der Waals surface area (Å²) in [5.41, 5.74) is 5.84. The van der Waals surface area contributed by atoms with E-state index < -0.39 is 0 Å². The molecule has 0 amide bonds. The summed E-state index contributed by atoms with van der Waals surface area (Å²) in [5, 5.41) is 1.04. The largest absolute Gasteiger partial charge is 0.329 e. The first-order valence-electron chi connectivity index (χ1n) is 5.06. The third-order valence-electron chi connectivity index (χ3n) is 2.20. The van der Waals surface area contributed by atoms with E-state index in [1.807, 2.05) is 18.2 Å². The molecule has 0 radical (unpaired) electrons. The van der Waals surface area contributed by atoms with Crippen LogP contribution in [0.1, 0.15) is 10.1 Å². The Kier molecular flexibility index (Phi) is 4.94. The first-order chi connectivity index (χ1) is 8.19. The molecular formula is C12H11BrClNS2. The highest BCUT2D eigenvalue weighted by molar-refractivity contribution is 9.11. The quantitative estimate of drug-likeness (QED) is 0.791. The molecule has 1 nitrogen and oxygen atoms in total. The fraction of sp³-hybridized carbons (Fsp3) is 0.167. The standard InChI is InChI=1S/C12H11BrClNS2/c13-12-5-4-10(17-12)11(7-15)16-9-3-1-2-8(14)6-9/h1-6,11H,7,15H2. The molecule has 0 bridgehead atoms. The number of benzene rings is 1. The van der Waals surface area contributed by atoms with Crippen LogP contribution >= 0.6 is 50.6 Å². The Morgan fingerprint density at radius 2 is 2.18 bits per heavy atom. The zero-order valence-corrected chi connectivity index (χ0v) is 12.9. The van der Waals surface area contributed by atoms with Crippen molar-refractivity contribution in [1.82, 2.24) is 0 Å². The van der Waals surface area contributed by atoms with Crippen LogP contribution in [0.4, 0.5) is 0 Å². The van der Waals surface area contributed by atoms with E-state index in [0.717, 1.165) is 13.7 Å². The number of hydrogen-bond acceptors (Lipinski definition) is 3. The van der Waals surface area contributed by atoms with Crippen molar-refractivity contribution >= 4 is 50.6 Å². The molecule has 0 aliphatic carbocycles. The molecule has 0 aliphatic rings. The van der Waals surface area contributed by atoms with Gasteiger partial charge in [-0.05, 0) is 46.3 Å². The van der Waals surface area contributed by atoms with Crippen LogP contribution in [0.15, 0.2) is 45.1 Å². The molecule has 90 valence electrons. The molecule has 5 heteroatoms. The number of thiophene rings is 1. The molecule has 0 fully saturated rings. The summed E-state index contributed by atoms with van der Waals surface area (Å²) in [4.78, 5) is 2.43. The second-order valence-electron chi connectivity index (χ2n) is 3.44. The second kappa shape index (κ2) is 6.25. The molecule has 0 saturated carbocycles. The van der Waals surface area contributed by atoms with Gasteiger partial charge in [0.05, 0.1) is 9.04 Å². The van der Waals surface area contributed by atoms with E-state index in [1.54, 1.807) is 23.1 Å². The Hall–Kier alpha value is -0.0000000000000000833. The number of nitrogens with two attached hydrogens (primary N) is 1. The third kappa shape index (κ3) is 3.73. The first kappa shape index (κ1) is 13.4. The molecule has 0 saturated heterocycles. The summed E-state index contributed by atoms with van der Waals surface area (Å²) < 4.78 is 1.14. The molecule has 1 aromatic heterocycles. The summed E-state index contributed by atoms with van der Waals surface area (Å²) in [6.45, 7) is 0.615. The van der Waals surface area contributed by atoms with E-state index in [4.69, 9.17) is 17.3 Å². The van der Waals surface area contributed by atoms with Crippen LogP contribution in [0.25, 0.3) is 0 Å². The molecule has 0 spiro atoms. The highest BCUT2D eigenvalue weighted by Gasteiger charge is 2.13. The van der Waals surface area contributed by atoms with E-state index in [1.165, 1.54) is 4.88 Å². The maximum Gasteiger partial charge on any atom is 0.0701 e. The number of thioether (sulfide) groups is 1. The van der Waals surface area contributed by atoms with Crippen LogP contribution in [0.2, 0.25) is 5.02 Å². The van der Waals surface area contributed by atoms with E-state index in [-0.39, 0.29) is 5.25 Å². The Balaban J connectivity index is 2.15. The number of rotatable bonds is 4. The van der Waals surface area contributed by atoms with Gasteiger partial charge in [-0.25, -0.2) is 0 Å². The van der Waals surface area contributed by atoms with Gasteiger partial charge in [0.25, 0.3) is 0 Å². The van der Waals surface area contributed by atoms with E-state index in [9.17, 15) is 0 Å². The van der Waals surface area contributed by atoms with Gasteiger partial charge in [-0.3, -0.25) is 0 Å². The minimum atomic E-state index is 0.282. The lowest BCUT2D eigenvalue weighted by molar-refractivity contribution is 0.960. The zero-order chi connectivity index (χ0) is 12.3. The molecular weight excluding hydrogens is 338 g/mol. The van der Waals surface area contributed by atoms with Crippen LogP contribution in [0, 0.1) is 0 Å². The Bertz CT molecular complexity index is 501. The first-order valence-corrected chi connectivity index (χ1v) is 7.93. The highest BCUT2D eigenvalue weighted by Crippen LogP contribution is 2.39. The fourth-order valence-corrected chi connectivity index (χ4v) is 4.36. The number of halogens is 2. The summed E-state index contributed by atoms with van der Waals surface area (Å²) in [6.07, 6.45) is 0. The van der Waals surface area contributed by atoms with Crippen LogP contribution < -0.4 is 5.73 Å². The maximum atomic E-state index is 5.97. The van der Waals surface area contributed by atoms with Crippen molar-refractivity contribution < 1.29 is 0 Å². The monoisotopic (exact) mass is 347 g/mol. The lowest BCUT2D eigenvalue weighted by Gasteiger charge is -2.12. The van der Waals surface area contributed by atoms with Gasteiger partial charge in [-0.2, -0.15) is 0 Å². The highest BCUT2D eigenvalue weighted by atomic mass is 79.9. The molecule has 1 unspecified atom stereocenters. The maximum absolute atomic E-state index is 5.97. The molecule has 1 heterocycles. The third-order valence-corrected chi connectivity index (χ3v) is 5.58. The molecule has 1 atom stereocenters. The summed E-state index contributed by atoms with van der Waals surface area (Å²) in [5.74, 6) is 0. The average Bonchev–Trinajstić information content (AvgIpc) is 2.73. The van der Waals surface area contributed by atoms with E-state index >= 15 is 0 Å². The lowest BCUT2D eigenvalue weighted by atomic mass is 10.3. The Morgan fingerprint density at radius 1 is 1.35 bits per heavy atom. The predicted octanol–water partition coefficient (Wildman–Crippen LogP) is 4.96. The molecule has 1 aromatic carbocycles. The second-order valence-corrected chi connectivity index (χ2v) is 7.65. The van der Waals surface area contributed by atoms with Crippen molar-refractivity contribution in [2.24, 2.45) is 5.73 Å². The molecule has 17 heavy (non-hydrogen) atoms. The molecule has 0 aliphatic heterocycles. The lowest BCUT2D eigenvalue weighted by Crippen LogP contribution is -2.07. The van der Waals surface area contributed by atoms with Crippen LogP contribution in [-0.4, -0.2) is 6.54 Å². The average molecular weight is 349 g/mol. The molecule has 2 aromatic rings.